The zero-order chi connectivity index (χ0) is 15.1. The van der Waals surface area contributed by atoms with E-state index in [1.165, 1.54) is 12.1 Å². The molecule has 1 unspecified atom stereocenters. The summed E-state index contributed by atoms with van der Waals surface area (Å²) in [5, 5.41) is 0.419. The Morgan fingerprint density at radius 3 is 2.45 bits per heavy atom. The van der Waals surface area contributed by atoms with Crippen LogP contribution in [0.15, 0.2) is 18.2 Å². The van der Waals surface area contributed by atoms with Crippen LogP contribution < -0.4 is 5.73 Å². The van der Waals surface area contributed by atoms with Crippen LogP contribution in [-0.2, 0) is 0 Å². The van der Waals surface area contributed by atoms with Gasteiger partial charge in [-0.2, -0.15) is 0 Å². The van der Waals surface area contributed by atoms with Crippen molar-refractivity contribution in [3.8, 4) is 0 Å². The number of likely N-dealkylation sites (N-methyl/N-ethyl adjacent to an activating group) is 1. The molecule has 1 rings (SSSR count). The quantitative estimate of drug-likeness (QED) is 0.801. The maximum atomic E-state index is 13.5. The van der Waals surface area contributed by atoms with Gasteiger partial charge in [-0.25, -0.2) is 4.39 Å². The fourth-order valence-corrected chi connectivity index (χ4v) is 2.62. The van der Waals surface area contributed by atoms with Gasteiger partial charge in [-0.05, 0) is 57.4 Å². The molecule has 0 bridgehead atoms. The molecule has 0 aliphatic carbocycles. The van der Waals surface area contributed by atoms with Gasteiger partial charge in [-0.1, -0.05) is 18.5 Å². The smallest absolute Gasteiger partial charge is 0.125 e. The van der Waals surface area contributed by atoms with Gasteiger partial charge in [0.25, 0.3) is 0 Å². The van der Waals surface area contributed by atoms with Crippen LogP contribution in [0.2, 0.25) is 5.02 Å². The van der Waals surface area contributed by atoms with E-state index in [1.54, 1.807) is 6.07 Å². The second kappa shape index (κ2) is 8.57. The van der Waals surface area contributed by atoms with Crippen molar-refractivity contribution in [2.45, 2.75) is 19.4 Å². The van der Waals surface area contributed by atoms with E-state index in [2.05, 4.69) is 30.8 Å². The lowest BCUT2D eigenvalue weighted by atomic mass is 10.0. The first-order valence-corrected chi connectivity index (χ1v) is 7.40. The normalized spacial score (nSPS) is 13.2. The van der Waals surface area contributed by atoms with E-state index < -0.39 is 0 Å². The minimum atomic E-state index is -0.310. The van der Waals surface area contributed by atoms with Gasteiger partial charge in [0.05, 0.1) is 0 Å². The Labute approximate surface area is 126 Å². The molecule has 20 heavy (non-hydrogen) atoms. The molecule has 5 heteroatoms. The molecular formula is C15H25ClFN3. The van der Waals surface area contributed by atoms with E-state index in [1.807, 2.05) is 0 Å². The second-order valence-electron chi connectivity index (χ2n) is 5.24. The third-order valence-electron chi connectivity index (χ3n) is 3.39. The largest absolute Gasteiger partial charge is 0.329 e. The number of hydrogen-bond donors (Lipinski definition) is 1. The van der Waals surface area contributed by atoms with Crippen molar-refractivity contribution in [3.63, 3.8) is 0 Å². The summed E-state index contributed by atoms with van der Waals surface area (Å²) in [4.78, 5) is 4.43. The van der Waals surface area contributed by atoms with Crippen LogP contribution in [0.3, 0.4) is 0 Å². The zero-order valence-electron chi connectivity index (χ0n) is 12.6. The number of benzene rings is 1. The third kappa shape index (κ3) is 5.37. The lowest BCUT2D eigenvalue weighted by Gasteiger charge is -2.30. The molecule has 0 saturated carbocycles. The fourth-order valence-electron chi connectivity index (χ4n) is 2.39. The maximum absolute atomic E-state index is 13.5. The van der Waals surface area contributed by atoms with Gasteiger partial charge in [0, 0.05) is 24.2 Å². The molecule has 0 amide bonds. The van der Waals surface area contributed by atoms with Crippen molar-refractivity contribution in [3.05, 3.63) is 34.6 Å². The summed E-state index contributed by atoms with van der Waals surface area (Å²) in [5.74, 6) is -0.310. The van der Waals surface area contributed by atoms with Crippen molar-refractivity contribution >= 4 is 11.6 Å². The molecule has 0 aliphatic heterocycles. The molecule has 0 radical (unpaired) electrons. The molecule has 0 saturated heterocycles. The van der Waals surface area contributed by atoms with Gasteiger partial charge in [0.15, 0.2) is 0 Å². The van der Waals surface area contributed by atoms with Crippen LogP contribution in [0.25, 0.3) is 0 Å². The summed E-state index contributed by atoms with van der Waals surface area (Å²) in [6.45, 7) is 5.39. The van der Waals surface area contributed by atoms with Gasteiger partial charge >= 0.3 is 0 Å². The maximum Gasteiger partial charge on any atom is 0.125 e. The molecule has 114 valence electrons. The highest BCUT2D eigenvalue weighted by atomic mass is 35.5. The summed E-state index contributed by atoms with van der Waals surface area (Å²) in [5.41, 5.74) is 6.75. The monoisotopic (exact) mass is 301 g/mol. The Balaban J connectivity index is 2.80. The van der Waals surface area contributed by atoms with E-state index in [-0.39, 0.29) is 11.9 Å². The van der Waals surface area contributed by atoms with Crippen LogP contribution in [0.1, 0.15) is 24.9 Å². The summed E-state index contributed by atoms with van der Waals surface area (Å²) < 4.78 is 13.5. The second-order valence-corrected chi connectivity index (χ2v) is 5.68. The SMILES string of the molecule is CCN(CCCN(C)C)C(CN)c1cc(F)cc(Cl)c1. The first kappa shape index (κ1) is 17.4. The molecule has 1 atom stereocenters. The lowest BCUT2D eigenvalue weighted by molar-refractivity contribution is 0.201. The number of hydrogen-bond acceptors (Lipinski definition) is 3. The minimum Gasteiger partial charge on any atom is -0.329 e. The summed E-state index contributed by atoms with van der Waals surface area (Å²) in [7, 11) is 4.12. The molecule has 0 aromatic heterocycles. The van der Waals surface area contributed by atoms with E-state index in [0.717, 1.165) is 31.6 Å². The van der Waals surface area contributed by atoms with Crippen molar-refractivity contribution < 1.29 is 4.39 Å². The molecule has 0 heterocycles. The van der Waals surface area contributed by atoms with Crippen LogP contribution in [0, 0.1) is 5.82 Å². The van der Waals surface area contributed by atoms with Crippen LogP contribution in [-0.4, -0.2) is 50.1 Å². The van der Waals surface area contributed by atoms with E-state index >= 15 is 0 Å². The molecule has 2 N–H and O–H groups in total. The van der Waals surface area contributed by atoms with Crippen LogP contribution in [0.5, 0.6) is 0 Å². The Bertz CT molecular complexity index is 392. The average Bonchev–Trinajstić information content (AvgIpc) is 2.36. The van der Waals surface area contributed by atoms with Crippen molar-refractivity contribution in [2.24, 2.45) is 5.73 Å². The molecule has 0 spiro atoms. The highest BCUT2D eigenvalue weighted by molar-refractivity contribution is 6.30. The summed E-state index contributed by atoms with van der Waals surface area (Å²) in [6, 6.07) is 4.66. The molecule has 1 aromatic carbocycles. The van der Waals surface area contributed by atoms with Gasteiger partial charge in [-0.15, -0.1) is 0 Å². The summed E-state index contributed by atoms with van der Waals surface area (Å²) in [6.07, 6.45) is 1.06. The average molecular weight is 302 g/mol. The van der Waals surface area contributed by atoms with Gasteiger partial charge in [-0.3, -0.25) is 4.90 Å². The van der Waals surface area contributed by atoms with Gasteiger partial charge in [0.2, 0.25) is 0 Å². The molecule has 0 aliphatic rings. The highest BCUT2D eigenvalue weighted by Gasteiger charge is 2.18. The molecule has 3 nitrogen and oxygen atoms in total. The first-order chi connectivity index (χ1) is 9.47. The van der Waals surface area contributed by atoms with Crippen molar-refractivity contribution in [1.82, 2.24) is 9.80 Å². The molecule has 0 fully saturated rings. The predicted octanol–water partition coefficient (Wildman–Crippen LogP) is 2.75. The van der Waals surface area contributed by atoms with E-state index in [4.69, 9.17) is 17.3 Å². The summed E-state index contributed by atoms with van der Waals surface area (Å²) >= 11 is 5.94. The number of halogens is 2. The Morgan fingerprint density at radius 1 is 1.25 bits per heavy atom. The predicted molar refractivity (Wildman–Crippen MR) is 83.6 cm³/mol. The lowest BCUT2D eigenvalue weighted by Crippen LogP contribution is -2.35. The molecular weight excluding hydrogens is 277 g/mol. The highest BCUT2D eigenvalue weighted by Crippen LogP contribution is 2.24. The Kier molecular flexibility index (Phi) is 7.45. The van der Waals surface area contributed by atoms with Crippen molar-refractivity contribution in [1.29, 1.82) is 0 Å². The Hall–Kier alpha value is -0.680. The van der Waals surface area contributed by atoms with E-state index in [9.17, 15) is 4.39 Å². The van der Waals surface area contributed by atoms with Crippen molar-refractivity contribution in [2.75, 3.05) is 40.3 Å². The topological polar surface area (TPSA) is 32.5 Å². The first-order valence-electron chi connectivity index (χ1n) is 7.02. The number of rotatable bonds is 8. The van der Waals surface area contributed by atoms with Crippen LogP contribution in [0.4, 0.5) is 4.39 Å². The van der Waals surface area contributed by atoms with Gasteiger partial charge in [0.1, 0.15) is 5.82 Å². The number of nitrogens with zero attached hydrogens (tertiary/aromatic N) is 2. The third-order valence-corrected chi connectivity index (χ3v) is 3.61. The standard InChI is InChI=1S/C15H25ClFN3/c1-4-20(7-5-6-19(2)3)15(11-18)12-8-13(16)10-14(17)9-12/h8-10,15H,4-7,11,18H2,1-3H3. The fraction of sp³-hybridized carbons (Fsp3) is 0.600. The van der Waals surface area contributed by atoms with Crippen LogP contribution >= 0.6 is 11.6 Å². The van der Waals surface area contributed by atoms with E-state index in [0.29, 0.717) is 11.6 Å². The zero-order valence-corrected chi connectivity index (χ0v) is 13.3. The molecule has 1 aromatic rings. The Morgan fingerprint density at radius 2 is 1.95 bits per heavy atom. The van der Waals surface area contributed by atoms with Gasteiger partial charge < -0.3 is 10.6 Å². The number of nitrogens with two attached hydrogens (primary N) is 1. The minimum absolute atomic E-state index is 0.00959.